The maximum atomic E-state index is 11.4. The van der Waals surface area contributed by atoms with E-state index in [0.29, 0.717) is 6.61 Å². The Balaban J connectivity index is 1.60. The van der Waals surface area contributed by atoms with Crippen molar-refractivity contribution in [2.24, 2.45) is 34.5 Å². The molecule has 5 fully saturated rings. The zero-order valence-electron chi connectivity index (χ0n) is 19.1. The predicted octanol–water partition coefficient (Wildman–Crippen LogP) is 1.03. The second kappa shape index (κ2) is 6.98. The first kappa shape index (κ1) is 21.0. The molecule has 4 aliphatic carbocycles. The largest absolute Gasteiger partial charge is 0.392 e. The number of methoxy groups -OCH3 is 3. The smallest absolute Gasteiger partial charge is 0.120 e. The van der Waals surface area contributed by atoms with Crippen LogP contribution in [-0.2, 0) is 18.9 Å². The molecule has 7 heteroatoms. The van der Waals surface area contributed by atoms with Crippen molar-refractivity contribution >= 4 is 0 Å². The molecular weight excluding hydrogens is 398 g/mol. The van der Waals surface area contributed by atoms with Gasteiger partial charge in [0.15, 0.2) is 0 Å². The molecular formula is C24H37NO6. The normalized spacial score (nSPS) is 57.0. The van der Waals surface area contributed by atoms with Crippen LogP contribution in [0, 0.1) is 34.5 Å². The number of fused-ring (bicyclic) bond motifs is 1. The fraction of sp³-hybridized carbons (Fsp3) is 0.917. The van der Waals surface area contributed by atoms with Gasteiger partial charge in [-0.05, 0) is 37.3 Å². The summed E-state index contributed by atoms with van der Waals surface area (Å²) in [4.78, 5) is 2.50. The minimum atomic E-state index is -0.686. The lowest BCUT2D eigenvalue weighted by molar-refractivity contribution is -0.246. The van der Waals surface area contributed by atoms with Crippen molar-refractivity contribution in [3.8, 4) is 0 Å². The van der Waals surface area contributed by atoms with Crippen LogP contribution in [0.2, 0.25) is 0 Å². The summed E-state index contributed by atoms with van der Waals surface area (Å²) < 4.78 is 24.8. The van der Waals surface area contributed by atoms with Crippen LogP contribution in [0.3, 0.4) is 0 Å². The average molecular weight is 436 g/mol. The third-order valence-corrected chi connectivity index (χ3v) is 10.2. The fourth-order valence-corrected chi connectivity index (χ4v) is 9.48. The Labute approximate surface area is 184 Å². The Bertz CT molecular complexity index is 775. The molecule has 0 spiro atoms. The first-order chi connectivity index (χ1) is 15.0. The second-order valence-electron chi connectivity index (χ2n) is 10.9. The van der Waals surface area contributed by atoms with Gasteiger partial charge in [0.1, 0.15) is 12.3 Å². The van der Waals surface area contributed by atoms with Gasteiger partial charge in [0.05, 0.1) is 31.0 Å². The molecule has 0 aromatic rings. The van der Waals surface area contributed by atoms with E-state index >= 15 is 0 Å². The quantitative estimate of drug-likeness (QED) is 0.625. The van der Waals surface area contributed by atoms with Crippen LogP contribution in [-0.4, -0.2) is 92.9 Å². The minimum absolute atomic E-state index is 0.0121. The number of hydrogen-bond acceptors (Lipinski definition) is 7. The van der Waals surface area contributed by atoms with Crippen LogP contribution in [0.4, 0.5) is 0 Å². The van der Waals surface area contributed by atoms with Gasteiger partial charge in [0.2, 0.25) is 0 Å². The van der Waals surface area contributed by atoms with Gasteiger partial charge in [-0.2, -0.15) is 0 Å². The summed E-state index contributed by atoms with van der Waals surface area (Å²) in [6.07, 6.45) is 3.41. The van der Waals surface area contributed by atoms with Crippen LogP contribution < -0.4 is 0 Å². The molecule has 6 aliphatic rings. The van der Waals surface area contributed by atoms with Crippen molar-refractivity contribution in [1.82, 2.24) is 4.90 Å². The molecule has 3 saturated carbocycles. The number of rotatable bonds is 5. The molecule has 0 radical (unpaired) electrons. The summed E-state index contributed by atoms with van der Waals surface area (Å²) in [5.41, 5.74) is 0.689. The monoisotopic (exact) mass is 435 g/mol. The first-order valence-corrected chi connectivity index (χ1v) is 12.0. The van der Waals surface area contributed by atoms with Gasteiger partial charge in [-0.15, -0.1) is 0 Å². The van der Waals surface area contributed by atoms with Gasteiger partial charge < -0.3 is 29.2 Å². The molecule has 6 rings (SSSR count). The van der Waals surface area contributed by atoms with Gasteiger partial charge in [0.25, 0.3) is 0 Å². The van der Waals surface area contributed by atoms with Crippen molar-refractivity contribution in [2.75, 3.05) is 41.0 Å². The van der Waals surface area contributed by atoms with E-state index in [4.69, 9.17) is 18.9 Å². The molecule has 0 aromatic heterocycles. The third kappa shape index (κ3) is 2.29. The third-order valence-electron chi connectivity index (χ3n) is 10.2. The molecule has 0 amide bonds. The highest BCUT2D eigenvalue weighted by Gasteiger charge is 2.78. The van der Waals surface area contributed by atoms with Crippen LogP contribution >= 0.6 is 0 Å². The van der Waals surface area contributed by atoms with E-state index in [2.05, 4.69) is 17.9 Å². The van der Waals surface area contributed by atoms with E-state index < -0.39 is 12.2 Å². The molecule has 2 aliphatic heterocycles. The van der Waals surface area contributed by atoms with E-state index in [1.165, 1.54) is 0 Å². The molecule has 174 valence electrons. The van der Waals surface area contributed by atoms with Gasteiger partial charge in [-0.3, -0.25) is 4.90 Å². The summed E-state index contributed by atoms with van der Waals surface area (Å²) in [7, 11) is 5.30. The standard InChI is InChI=1S/C24H37NO6/c1-5-25-10-23(11-28-2)7-6-16(29-3)24-14-8-13-18(26)17(14)12(19(27)20(13)30-4)9-15(21(23)24)31-22(24)25/h9,13-22,26-27H,5-8,10-11H2,1-4H3/t13?,14?,15?,16?,17?,18?,19-,20+,21?,22?,23-,24?/m0/s1. The zero-order valence-corrected chi connectivity index (χ0v) is 19.1. The fourth-order valence-electron chi connectivity index (χ4n) is 9.48. The SMILES string of the molecule is CCN1C[C@]2(COC)CCC(OC)C34C5CC6C(O)C5C(=CC(OC13)C42)[C@H](O)[C@@H]6OC. The van der Waals surface area contributed by atoms with Crippen molar-refractivity contribution in [3.63, 3.8) is 0 Å². The summed E-state index contributed by atoms with van der Waals surface area (Å²) in [6.45, 7) is 4.80. The topological polar surface area (TPSA) is 80.6 Å². The van der Waals surface area contributed by atoms with Crippen LogP contribution in [0.5, 0.6) is 0 Å². The van der Waals surface area contributed by atoms with Crippen LogP contribution in [0.1, 0.15) is 26.2 Å². The number of hydrogen-bond donors (Lipinski definition) is 2. The maximum absolute atomic E-state index is 11.4. The highest BCUT2D eigenvalue weighted by atomic mass is 16.5. The van der Waals surface area contributed by atoms with E-state index in [0.717, 1.165) is 37.9 Å². The van der Waals surface area contributed by atoms with E-state index in [9.17, 15) is 10.2 Å². The predicted molar refractivity (Wildman–Crippen MR) is 112 cm³/mol. The number of aliphatic hydroxyl groups excluding tert-OH is 2. The Kier molecular flexibility index (Phi) is 4.74. The molecule has 2 saturated heterocycles. The lowest BCUT2D eigenvalue weighted by Crippen LogP contribution is -2.71. The van der Waals surface area contributed by atoms with Crippen LogP contribution in [0.25, 0.3) is 0 Å². The van der Waals surface area contributed by atoms with E-state index in [1.807, 2.05) is 7.11 Å². The van der Waals surface area contributed by atoms with Crippen molar-refractivity contribution in [3.05, 3.63) is 11.6 Å². The molecule has 12 atom stereocenters. The lowest BCUT2D eigenvalue weighted by Gasteiger charge is -2.64. The molecule has 7 bridgehead atoms. The Hall–Kier alpha value is -0.540. The Morgan fingerprint density at radius 3 is 2.71 bits per heavy atom. The first-order valence-electron chi connectivity index (χ1n) is 12.0. The minimum Gasteiger partial charge on any atom is -0.392 e. The number of ether oxygens (including phenoxy) is 4. The highest BCUT2D eigenvalue weighted by molar-refractivity contribution is 5.36. The summed E-state index contributed by atoms with van der Waals surface area (Å²) in [6, 6.07) is 0. The van der Waals surface area contributed by atoms with Gasteiger partial charge in [0, 0.05) is 56.5 Å². The van der Waals surface area contributed by atoms with Gasteiger partial charge >= 0.3 is 0 Å². The van der Waals surface area contributed by atoms with Gasteiger partial charge in [-0.1, -0.05) is 13.0 Å². The number of nitrogens with zero attached hydrogens (tertiary/aromatic N) is 1. The van der Waals surface area contributed by atoms with Crippen molar-refractivity contribution in [2.45, 2.75) is 62.9 Å². The van der Waals surface area contributed by atoms with Gasteiger partial charge in [-0.25, -0.2) is 0 Å². The summed E-state index contributed by atoms with van der Waals surface area (Å²) in [5.74, 6) is 0.324. The Morgan fingerprint density at radius 2 is 2.03 bits per heavy atom. The second-order valence-corrected chi connectivity index (χ2v) is 10.9. The molecule has 2 heterocycles. The lowest BCUT2D eigenvalue weighted by atomic mass is 9.46. The average Bonchev–Trinajstić information content (AvgIpc) is 3.11. The number of likely N-dealkylation sites (tertiary alicyclic amines) is 1. The van der Waals surface area contributed by atoms with Crippen molar-refractivity contribution < 1.29 is 29.2 Å². The van der Waals surface area contributed by atoms with E-state index in [1.54, 1.807) is 14.2 Å². The van der Waals surface area contributed by atoms with E-state index in [-0.39, 0.29) is 59.0 Å². The molecule has 2 N–H and O–H groups in total. The molecule has 9 unspecified atom stereocenters. The number of piperidine rings is 1. The highest BCUT2D eigenvalue weighted by Crippen LogP contribution is 2.73. The molecule has 31 heavy (non-hydrogen) atoms. The maximum Gasteiger partial charge on any atom is 0.120 e. The summed E-state index contributed by atoms with van der Waals surface area (Å²) in [5, 5.41) is 22.7. The Morgan fingerprint density at radius 1 is 1.23 bits per heavy atom. The molecule has 0 aromatic carbocycles. The van der Waals surface area contributed by atoms with Crippen molar-refractivity contribution in [1.29, 1.82) is 0 Å². The summed E-state index contributed by atoms with van der Waals surface area (Å²) >= 11 is 0. The zero-order chi connectivity index (χ0) is 21.7. The number of aliphatic hydroxyl groups is 2. The van der Waals surface area contributed by atoms with Crippen LogP contribution in [0.15, 0.2) is 11.6 Å². The molecule has 7 nitrogen and oxygen atoms in total.